The van der Waals surface area contributed by atoms with Gasteiger partial charge in [0.25, 0.3) is 5.91 Å². The van der Waals surface area contributed by atoms with E-state index in [9.17, 15) is 26.4 Å². The minimum absolute atomic E-state index is 0.0236. The summed E-state index contributed by atoms with van der Waals surface area (Å²) in [5.74, 6) is -1.52. The summed E-state index contributed by atoms with van der Waals surface area (Å²) in [6.07, 6.45) is -5.66. The van der Waals surface area contributed by atoms with Crippen molar-refractivity contribution in [1.29, 1.82) is 0 Å². The normalized spacial score (nSPS) is 19.0. The Morgan fingerprint density at radius 3 is 2.50 bits per heavy atom. The molecule has 1 fully saturated rings. The fraction of sp³-hybridized carbons (Fsp3) is 0.462. The van der Waals surface area contributed by atoms with E-state index in [1.807, 2.05) is 0 Å². The summed E-state index contributed by atoms with van der Waals surface area (Å²) in [6, 6.07) is 4.46. The highest BCUT2D eigenvalue weighted by atomic mass is 32.2. The zero-order chi connectivity index (χ0) is 16.5. The van der Waals surface area contributed by atoms with Gasteiger partial charge in [-0.3, -0.25) is 4.79 Å². The Hall–Kier alpha value is -1.77. The Morgan fingerprint density at radius 1 is 1.32 bits per heavy atom. The highest BCUT2D eigenvalue weighted by molar-refractivity contribution is 7.89. The van der Waals surface area contributed by atoms with Gasteiger partial charge in [0.2, 0.25) is 10.0 Å². The van der Waals surface area contributed by atoms with Crippen LogP contribution in [-0.2, 0) is 21.0 Å². The summed E-state index contributed by atoms with van der Waals surface area (Å²) in [5.41, 5.74) is -1.01. The lowest BCUT2D eigenvalue weighted by Crippen LogP contribution is -2.41. The van der Waals surface area contributed by atoms with Crippen LogP contribution >= 0.6 is 0 Å². The number of hydrogen-bond acceptors (Lipinski definition) is 4. The first-order valence-corrected chi connectivity index (χ1v) is 8.11. The van der Waals surface area contributed by atoms with Gasteiger partial charge in [0.05, 0.1) is 11.3 Å². The first kappa shape index (κ1) is 16.6. The Bertz CT molecular complexity index is 672. The van der Waals surface area contributed by atoms with E-state index in [-0.39, 0.29) is 12.3 Å². The Kier molecular flexibility index (Phi) is 4.37. The summed E-state index contributed by atoms with van der Waals surface area (Å²) >= 11 is 0. The molecule has 1 aromatic rings. The standard InChI is InChI=1S/C13H14F3NO4S/c1-9(12(18)17-7-4-8-22(17,19)20)21-11-6-3-2-5-10(11)13(14,15)16/h2-3,5-6,9H,4,7-8H2,1H3/t9-/m0/s1. The van der Waals surface area contributed by atoms with Crippen LogP contribution in [0.25, 0.3) is 0 Å². The molecule has 0 radical (unpaired) electrons. The molecule has 0 spiro atoms. The lowest BCUT2D eigenvalue weighted by molar-refractivity contribution is -0.141. The molecule has 0 N–H and O–H groups in total. The molecule has 1 aliphatic heterocycles. The average molecular weight is 337 g/mol. The third-order valence-electron chi connectivity index (χ3n) is 3.19. The molecule has 122 valence electrons. The van der Waals surface area contributed by atoms with Gasteiger partial charge in [-0.1, -0.05) is 12.1 Å². The van der Waals surface area contributed by atoms with E-state index >= 15 is 0 Å². The van der Waals surface area contributed by atoms with Crippen molar-refractivity contribution >= 4 is 15.9 Å². The molecule has 1 atom stereocenters. The van der Waals surface area contributed by atoms with E-state index in [0.29, 0.717) is 10.7 Å². The SMILES string of the molecule is C[C@H](Oc1ccccc1C(F)(F)F)C(=O)N1CCCS1(=O)=O. The predicted octanol–water partition coefficient (Wildman–Crippen LogP) is 2.03. The molecule has 0 aromatic heterocycles. The summed E-state index contributed by atoms with van der Waals surface area (Å²) in [4.78, 5) is 12.1. The van der Waals surface area contributed by atoms with Gasteiger partial charge in [0.15, 0.2) is 6.10 Å². The molecule has 0 bridgehead atoms. The van der Waals surface area contributed by atoms with E-state index < -0.39 is 39.5 Å². The maximum absolute atomic E-state index is 12.9. The maximum atomic E-state index is 12.9. The van der Waals surface area contributed by atoms with E-state index in [4.69, 9.17) is 4.74 Å². The molecule has 5 nitrogen and oxygen atoms in total. The molecule has 1 heterocycles. The number of halogens is 3. The molecule has 22 heavy (non-hydrogen) atoms. The highest BCUT2D eigenvalue weighted by Gasteiger charge is 2.38. The van der Waals surface area contributed by atoms with Crippen molar-refractivity contribution in [3.8, 4) is 5.75 Å². The number of nitrogens with zero attached hydrogens (tertiary/aromatic N) is 1. The Labute approximate surface area is 125 Å². The van der Waals surface area contributed by atoms with Crippen LogP contribution in [0, 0.1) is 0 Å². The second-order valence-corrected chi connectivity index (χ2v) is 6.85. The molecular formula is C13H14F3NO4S. The van der Waals surface area contributed by atoms with Crippen LogP contribution in [-0.4, -0.2) is 37.0 Å². The lowest BCUT2D eigenvalue weighted by Gasteiger charge is -2.22. The fourth-order valence-corrected chi connectivity index (χ4v) is 3.68. The number of carbonyl (C=O) groups excluding carboxylic acids is 1. The minimum atomic E-state index is -4.63. The Balaban J connectivity index is 2.20. The minimum Gasteiger partial charge on any atom is -0.480 e. The second-order valence-electron chi connectivity index (χ2n) is 4.83. The Morgan fingerprint density at radius 2 is 1.95 bits per heavy atom. The number of amides is 1. The second kappa shape index (κ2) is 5.79. The van der Waals surface area contributed by atoms with Crippen molar-refractivity contribution in [2.24, 2.45) is 0 Å². The number of alkyl halides is 3. The number of hydrogen-bond donors (Lipinski definition) is 0. The largest absolute Gasteiger partial charge is 0.480 e. The third kappa shape index (κ3) is 3.34. The number of benzene rings is 1. The van der Waals surface area contributed by atoms with Crippen LogP contribution in [0.1, 0.15) is 18.9 Å². The molecule has 1 aliphatic rings. The van der Waals surface area contributed by atoms with Crippen molar-refractivity contribution in [1.82, 2.24) is 4.31 Å². The zero-order valence-electron chi connectivity index (χ0n) is 11.6. The van der Waals surface area contributed by atoms with Gasteiger partial charge in [-0.05, 0) is 25.5 Å². The number of ether oxygens (including phenoxy) is 1. The molecule has 2 rings (SSSR count). The first-order valence-electron chi connectivity index (χ1n) is 6.50. The van der Waals surface area contributed by atoms with E-state index in [1.54, 1.807) is 0 Å². The lowest BCUT2D eigenvalue weighted by atomic mass is 10.2. The number of rotatable bonds is 3. The molecule has 1 amide bonds. The number of carbonyl (C=O) groups is 1. The highest BCUT2D eigenvalue weighted by Crippen LogP contribution is 2.36. The summed E-state index contributed by atoms with van der Waals surface area (Å²) in [7, 11) is -3.68. The number of sulfonamides is 1. The van der Waals surface area contributed by atoms with Gasteiger partial charge in [0.1, 0.15) is 5.75 Å². The van der Waals surface area contributed by atoms with Crippen LogP contribution < -0.4 is 4.74 Å². The molecule has 0 aliphatic carbocycles. The van der Waals surface area contributed by atoms with Gasteiger partial charge >= 0.3 is 6.18 Å². The van der Waals surface area contributed by atoms with E-state index in [1.165, 1.54) is 19.1 Å². The van der Waals surface area contributed by atoms with Crippen LogP contribution in [0.2, 0.25) is 0 Å². The van der Waals surface area contributed by atoms with Crippen molar-refractivity contribution in [2.45, 2.75) is 25.6 Å². The van der Waals surface area contributed by atoms with Crippen LogP contribution in [0.5, 0.6) is 5.75 Å². The molecule has 0 saturated carbocycles. The van der Waals surface area contributed by atoms with Gasteiger partial charge in [-0.2, -0.15) is 13.2 Å². The summed E-state index contributed by atoms with van der Waals surface area (Å²) in [5, 5.41) is 0. The fourth-order valence-electron chi connectivity index (χ4n) is 2.13. The van der Waals surface area contributed by atoms with Gasteiger partial charge in [0, 0.05) is 6.54 Å². The molecular weight excluding hydrogens is 323 g/mol. The molecule has 1 aromatic carbocycles. The molecule has 0 unspecified atom stereocenters. The quantitative estimate of drug-likeness (QED) is 0.847. The van der Waals surface area contributed by atoms with E-state index in [2.05, 4.69) is 0 Å². The predicted molar refractivity (Wildman–Crippen MR) is 71.7 cm³/mol. The smallest absolute Gasteiger partial charge is 0.419 e. The van der Waals surface area contributed by atoms with Crippen molar-refractivity contribution in [2.75, 3.05) is 12.3 Å². The van der Waals surface area contributed by atoms with Crippen molar-refractivity contribution < 1.29 is 31.1 Å². The van der Waals surface area contributed by atoms with Crippen LogP contribution in [0.15, 0.2) is 24.3 Å². The van der Waals surface area contributed by atoms with Crippen molar-refractivity contribution in [3.05, 3.63) is 29.8 Å². The molecule has 9 heteroatoms. The maximum Gasteiger partial charge on any atom is 0.419 e. The third-order valence-corrected chi connectivity index (χ3v) is 5.03. The zero-order valence-corrected chi connectivity index (χ0v) is 12.4. The van der Waals surface area contributed by atoms with Gasteiger partial charge in [-0.15, -0.1) is 0 Å². The van der Waals surface area contributed by atoms with Gasteiger partial charge < -0.3 is 4.74 Å². The molecule has 1 saturated heterocycles. The number of para-hydroxylation sites is 1. The van der Waals surface area contributed by atoms with Crippen LogP contribution in [0.4, 0.5) is 13.2 Å². The van der Waals surface area contributed by atoms with Gasteiger partial charge in [-0.25, -0.2) is 12.7 Å². The summed E-state index contributed by atoms with van der Waals surface area (Å²) < 4.78 is 67.6. The first-order chi connectivity index (χ1) is 10.1. The summed E-state index contributed by atoms with van der Waals surface area (Å²) in [6.45, 7) is 1.25. The van der Waals surface area contributed by atoms with Crippen LogP contribution in [0.3, 0.4) is 0 Å². The average Bonchev–Trinajstić information content (AvgIpc) is 2.76. The monoisotopic (exact) mass is 337 g/mol. The topological polar surface area (TPSA) is 63.7 Å². The van der Waals surface area contributed by atoms with E-state index in [0.717, 1.165) is 12.1 Å². The van der Waals surface area contributed by atoms with Crippen molar-refractivity contribution in [3.63, 3.8) is 0 Å².